The van der Waals surface area contributed by atoms with E-state index >= 15 is 0 Å². The largest absolute Gasteiger partial charge is 0.474 e. The van der Waals surface area contributed by atoms with Crippen LogP contribution in [0.1, 0.15) is 51.6 Å². The minimum Gasteiger partial charge on any atom is -0.474 e. The van der Waals surface area contributed by atoms with Gasteiger partial charge in [0, 0.05) is 18.3 Å². The van der Waals surface area contributed by atoms with Gasteiger partial charge in [0.15, 0.2) is 0 Å². The number of aryl methyl sites for hydroxylation is 1. The van der Waals surface area contributed by atoms with E-state index in [0.717, 1.165) is 37.4 Å². The highest BCUT2D eigenvalue weighted by Gasteiger charge is 2.20. The molecule has 0 aliphatic heterocycles. The first-order chi connectivity index (χ1) is 9.17. The molecular weight excluding hydrogens is 238 g/mol. The summed E-state index contributed by atoms with van der Waals surface area (Å²) >= 11 is 0. The summed E-state index contributed by atoms with van der Waals surface area (Å²) < 4.78 is 6.04. The van der Waals surface area contributed by atoms with E-state index in [1.54, 1.807) is 0 Å². The monoisotopic (exact) mass is 263 g/mol. The van der Waals surface area contributed by atoms with Gasteiger partial charge in [-0.3, -0.25) is 0 Å². The van der Waals surface area contributed by atoms with Crippen LogP contribution >= 0.6 is 0 Å². The van der Waals surface area contributed by atoms with Gasteiger partial charge in [-0.25, -0.2) is 4.98 Å². The van der Waals surface area contributed by atoms with Crippen LogP contribution in [0.3, 0.4) is 0 Å². The van der Waals surface area contributed by atoms with E-state index in [2.05, 4.69) is 29.1 Å². The number of aromatic nitrogens is 2. The Labute approximate surface area is 116 Å². The van der Waals surface area contributed by atoms with Gasteiger partial charge < -0.3 is 10.1 Å². The number of rotatable bonds is 5. The van der Waals surface area contributed by atoms with Gasteiger partial charge in [0.1, 0.15) is 6.10 Å². The van der Waals surface area contributed by atoms with E-state index in [1.807, 2.05) is 13.0 Å². The lowest BCUT2D eigenvalue weighted by molar-refractivity contribution is 0.124. The SMILES string of the molecule is CCCNc1nc(C)cc(OC2CCCC(C)C2)n1. The minimum atomic E-state index is 0.317. The second-order valence-electron chi connectivity index (χ2n) is 5.61. The van der Waals surface area contributed by atoms with E-state index in [4.69, 9.17) is 4.74 Å². The summed E-state index contributed by atoms with van der Waals surface area (Å²) in [6, 6.07) is 1.93. The van der Waals surface area contributed by atoms with Gasteiger partial charge in [-0.15, -0.1) is 0 Å². The fraction of sp³-hybridized carbons (Fsp3) is 0.733. The molecule has 4 nitrogen and oxygen atoms in total. The Balaban J connectivity index is 2.00. The fourth-order valence-corrected chi connectivity index (χ4v) is 2.57. The summed E-state index contributed by atoms with van der Waals surface area (Å²) in [7, 11) is 0. The molecule has 1 saturated carbocycles. The normalized spacial score (nSPS) is 23.1. The Hall–Kier alpha value is -1.32. The summed E-state index contributed by atoms with van der Waals surface area (Å²) in [4.78, 5) is 8.82. The molecule has 0 radical (unpaired) electrons. The second-order valence-corrected chi connectivity index (χ2v) is 5.61. The average molecular weight is 263 g/mol. The zero-order valence-electron chi connectivity index (χ0n) is 12.3. The van der Waals surface area contributed by atoms with Gasteiger partial charge in [0.2, 0.25) is 11.8 Å². The third kappa shape index (κ3) is 4.37. The maximum absolute atomic E-state index is 6.04. The molecule has 1 aliphatic rings. The van der Waals surface area contributed by atoms with Crippen molar-refractivity contribution in [3.05, 3.63) is 11.8 Å². The highest BCUT2D eigenvalue weighted by Crippen LogP contribution is 2.27. The molecule has 0 aromatic carbocycles. The molecule has 19 heavy (non-hydrogen) atoms. The molecule has 1 aromatic rings. The summed E-state index contributed by atoms with van der Waals surface area (Å²) in [6.45, 7) is 7.30. The lowest BCUT2D eigenvalue weighted by Gasteiger charge is -2.27. The predicted octanol–water partition coefficient (Wildman–Crippen LogP) is 3.56. The Kier molecular flexibility index (Phi) is 5.00. The van der Waals surface area contributed by atoms with Gasteiger partial charge >= 0.3 is 0 Å². The fourth-order valence-electron chi connectivity index (χ4n) is 2.57. The predicted molar refractivity (Wildman–Crippen MR) is 77.6 cm³/mol. The van der Waals surface area contributed by atoms with Crippen LogP contribution in [0.15, 0.2) is 6.07 Å². The molecule has 106 valence electrons. The molecule has 2 atom stereocenters. The average Bonchev–Trinajstić information content (AvgIpc) is 2.35. The van der Waals surface area contributed by atoms with Crippen molar-refractivity contribution in [2.75, 3.05) is 11.9 Å². The zero-order chi connectivity index (χ0) is 13.7. The summed E-state index contributed by atoms with van der Waals surface area (Å²) in [5, 5.41) is 3.22. The third-order valence-electron chi connectivity index (χ3n) is 3.54. The lowest BCUT2D eigenvalue weighted by Crippen LogP contribution is -2.24. The first-order valence-electron chi connectivity index (χ1n) is 7.43. The Morgan fingerprint density at radius 3 is 2.95 bits per heavy atom. The van der Waals surface area contributed by atoms with Gasteiger partial charge in [-0.05, 0) is 38.5 Å². The van der Waals surface area contributed by atoms with Crippen LogP contribution in [0.2, 0.25) is 0 Å². The zero-order valence-corrected chi connectivity index (χ0v) is 12.3. The Bertz CT molecular complexity index is 408. The van der Waals surface area contributed by atoms with Crippen LogP contribution in [-0.4, -0.2) is 22.6 Å². The molecule has 0 saturated heterocycles. The maximum Gasteiger partial charge on any atom is 0.226 e. The second kappa shape index (κ2) is 6.73. The highest BCUT2D eigenvalue weighted by molar-refractivity contribution is 5.30. The van der Waals surface area contributed by atoms with E-state index < -0.39 is 0 Å². The lowest BCUT2D eigenvalue weighted by atomic mass is 9.89. The van der Waals surface area contributed by atoms with Crippen molar-refractivity contribution >= 4 is 5.95 Å². The van der Waals surface area contributed by atoms with E-state index in [1.165, 1.54) is 12.8 Å². The molecule has 1 aliphatic carbocycles. The maximum atomic E-state index is 6.04. The molecule has 0 bridgehead atoms. The molecular formula is C15H25N3O. The molecule has 1 fully saturated rings. The van der Waals surface area contributed by atoms with Gasteiger partial charge in [-0.1, -0.05) is 20.3 Å². The molecule has 1 heterocycles. The summed E-state index contributed by atoms with van der Waals surface area (Å²) in [5.41, 5.74) is 0.951. The number of anilines is 1. The van der Waals surface area contributed by atoms with Crippen molar-refractivity contribution in [2.45, 2.75) is 59.0 Å². The van der Waals surface area contributed by atoms with Crippen LogP contribution in [0, 0.1) is 12.8 Å². The van der Waals surface area contributed by atoms with Crippen LogP contribution in [-0.2, 0) is 0 Å². The van der Waals surface area contributed by atoms with E-state index in [-0.39, 0.29) is 0 Å². The number of hydrogen-bond donors (Lipinski definition) is 1. The van der Waals surface area contributed by atoms with E-state index in [0.29, 0.717) is 17.9 Å². The van der Waals surface area contributed by atoms with Crippen molar-refractivity contribution in [2.24, 2.45) is 5.92 Å². The smallest absolute Gasteiger partial charge is 0.226 e. The number of nitrogens with zero attached hydrogens (tertiary/aromatic N) is 2. The third-order valence-corrected chi connectivity index (χ3v) is 3.54. The highest BCUT2D eigenvalue weighted by atomic mass is 16.5. The topological polar surface area (TPSA) is 47.0 Å². The first kappa shape index (κ1) is 14.1. The quantitative estimate of drug-likeness (QED) is 0.882. The van der Waals surface area contributed by atoms with Gasteiger partial charge in [-0.2, -0.15) is 4.98 Å². The Morgan fingerprint density at radius 1 is 1.37 bits per heavy atom. The van der Waals surface area contributed by atoms with E-state index in [9.17, 15) is 0 Å². The number of ether oxygens (including phenoxy) is 1. The van der Waals surface area contributed by atoms with Gasteiger partial charge in [0.05, 0.1) is 0 Å². The molecule has 1 aromatic heterocycles. The number of hydrogen-bond acceptors (Lipinski definition) is 4. The Morgan fingerprint density at radius 2 is 2.21 bits per heavy atom. The molecule has 0 spiro atoms. The summed E-state index contributed by atoms with van der Waals surface area (Å²) in [6.07, 6.45) is 6.25. The van der Waals surface area contributed by atoms with Crippen LogP contribution in [0.4, 0.5) is 5.95 Å². The van der Waals surface area contributed by atoms with Crippen molar-refractivity contribution in [1.82, 2.24) is 9.97 Å². The molecule has 2 unspecified atom stereocenters. The first-order valence-corrected chi connectivity index (χ1v) is 7.43. The van der Waals surface area contributed by atoms with Crippen LogP contribution < -0.4 is 10.1 Å². The minimum absolute atomic E-state index is 0.317. The molecule has 2 rings (SSSR count). The van der Waals surface area contributed by atoms with Crippen molar-refractivity contribution in [1.29, 1.82) is 0 Å². The van der Waals surface area contributed by atoms with Crippen LogP contribution in [0.5, 0.6) is 5.88 Å². The molecule has 4 heteroatoms. The number of nitrogens with one attached hydrogen (secondary N) is 1. The van der Waals surface area contributed by atoms with Crippen molar-refractivity contribution in [3.8, 4) is 5.88 Å². The molecule has 1 N–H and O–H groups in total. The molecule has 0 amide bonds. The summed E-state index contributed by atoms with van der Waals surface area (Å²) in [5.74, 6) is 2.16. The van der Waals surface area contributed by atoms with Crippen LogP contribution in [0.25, 0.3) is 0 Å². The standard InChI is InChI=1S/C15H25N3O/c1-4-8-16-15-17-12(3)10-14(18-15)19-13-7-5-6-11(2)9-13/h10-11,13H,4-9H2,1-3H3,(H,16,17,18). The van der Waals surface area contributed by atoms with Gasteiger partial charge in [0.25, 0.3) is 0 Å². The van der Waals surface area contributed by atoms with Crippen molar-refractivity contribution in [3.63, 3.8) is 0 Å². The van der Waals surface area contributed by atoms with Crippen molar-refractivity contribution < 1.29 is 4.74 Å².